The molecule has 1 aliphatic heterocycles. The summed E-state index contributed by atoms with van der Waals surface area (Å²) in [5.41, 5.74) is 2.70. The van der Waals surface area contributed by atoms with Gasteiger partial charge in [-0.3, -0.25) is 4.79 Å². The molecule has 1 fully saturated rings. The second-order valence-corrected chi connectivity index (χ2v) is 7.15. The van der Waals surface area contributed by atoms with Gasteiger partial charge in [0, 0.05) is 26.2 Å². The van der Waals surface area contributed by atoms with E-state index in [0.29, 0.717) is 22.9 Å². The highest BCUT2D eigenvalue weighted by Gasteiger charge is 2.46. The Morgan fingerprint density at radius 3 is 1.93 bits per heavy atom. The fraction of sp³-hybridized carbons (Fsp3) is 0.409. The summed E-state index contributed by atoms with van der Waals surface area (Å²) < 4.78 is 21.8. The first-order chi connectivity index (χ1) is 13.9. The average Bonchev–Trinajstić information content (AvgIpc) is 2.74. The zero-order valence-electron chi connectivity index (χ0n) is 18.0. The average molecular weight is 400 g/mol. The highest BCUT2D eigenvalue weighted by molar-refractivity contribution is 6.03. The number of β-lactam (4-membered cyclic amide) rings is 1. The van der Waals surface area contributed by atoms with Gasteiger partial charge < -0.3 is 28.7 Å². The van der Waals surface area contributed by atoms with Crippen LogP contribution in [0.3, 0.4) is 0 Å². The van der Waals surface area contributed by atoms with E-state index in [1.807, 2.05) is 38.1 Å². The number of hydrogen-bond acceptors (Lipinski definition) is 6. The molecule has 0 aromatic heterocycles. The summed E-state index contributed by atoms with van der Waals surface area (Å²) in [6.45, 7) is 1.95. The van der Waals surface area contributed by atoms with Crippen molar-refractivity contribution in [2.24, 2.45) is 5.92 Å². The summed E-state index contributed by atoms with van der Waals surface area (Å²) in [6, 6.07) is 9.51. The molecule has 1 heterocycles. The molecule has 29 heavy (non-hydrogen) atoms. The van der Waals surface area contributed by atoms with E-state index < -0.39 is 0 Å². The van der Waals surface area contributed by atoms with E-state index in [-0.39, 0.29) is 17.9 Å². The standard InChI is InChI=1S/C22H28N2O5/c1-13-20(14-8-9-17(26-4)16(10-14)23(2)3)24(22(13)25)15-11-18(27-5)21(29-7)19(12-15)28-6/h8-13,20H,1-7H3/t13-,20-/m1/s1. The smallest absolute Gasteiger partial charge is 0.232 e. The molecule has 0 unspecified atom stereocenters. The Balaban J connectivity index is 2.07. The maximum absolute atomic E-state index is 12.8. The molecule has 7 nitrogen and oxygen atoms in total. The number of anilines is 2. The fourth-order valence-electron chi connectivity index (χ4n) is 3.81. The Bertz CT molecular complexity index is 887. The van der Waals surface area contributed by atoms with Gasteiger partial charge in [-0.25, -0.2) is 0 Å². The monoisotopic (exact) mass is 400 g/mol. The van der Waals surface area contributed by atoms with E-state index >= 15 is 0 Å². The maximum Gasteiger partial charge on any atom is 0.232 e. The molecule has 0 aliphatic carbocycles. The van der Waals surface area contributed by atoms with Crippen molar-refractivity contribution < 1.29 is 23.7 Å². The largest absolute Gasteiger partial charge is 0.495 e. The molecule has 0 bridgehead atoms. The zero-order chi connectivity index (χ0) is 21.3. The highest BCUT2D eigenvalue weighted by Crippen LogP contribution is 2.49. The molecule has 0 saturated carbocycles. The van der Waals surface area contributed by atoms with Crippen LogP contribution in [0.1, 0.15) is 18.5 Å². The van der Waals surface area contributed by atoms with Crippen molar-refractivity contribution in [1.82, 2.24) is 0 Å². The van der Waals surface area contributed by atoms with Crippen LogP contribution < -0.4 is 28.7 Å². The van der Waals surface area contributed by atoms with Crippen molar-refractivity contribution in [3.05, 3.63) is 35.9 Å². The van der Waals surface area contributed by atoms with Gasteiger partial charge in [0.2, 0.25) is 11.7 Å². The number of hydrogen-bond donors (Lipinski definition) is 0. The predicted octanol–water partition coefficient (Wildman–Crippen LogP) is 3.51. The number of rotatable bonds is 7. The second kappa shape index (κ2) is 8.11. The summed E-state index contributed by atoms with van der Waals surface area (Å²) in [6.07, 6.45) is 0. The van der Waals surface area contributed by atoms with E-state index in [1.54, 1.807) is 45.5 Å². The molecular formula is C22H28N2O5. The molecule has 0 radical (unpaired) electrons. The van der Waals surface area contributed by atoms with Gasteiger partial charge in [-0.1, -0.05) is 13.0 Å². The lowest BCUT2D eigenvalue weighted by molar-refractivity contribution is -0.129. The lowest BCUT2D eigenvalue weighted by Crippen LogP contribution is -2.54. The van der Waals surface area contributed by atoms with Crippen LogP contribution in [0.2, 0.25) is 0 Å². The van der Waals surface area contributed by atoms with Crippen molar-refractivity contribution >= 4 is 17.3 Å². The van der Waals surface area contributed by atoms with Crippen LogP contribution in [0.5, 0.6) is 23.0 Å². The van der Waals surface area contributed by atoms with Gasteiger partial charge in [-0.05, 0) is 17.7 Å². The van der Waals surface area contributed by atoms with Crippen molar-refractivity contribution in [1.29, 1.82) is 0 Å². The van der Waals surface area contributed by atoms with E-state index in [1.165, 1.54) is 0 Å². The van der Waals surface area contributed by atoms with E-state index in [0.717, 1.165) is 17.0 Å². The number of ether oxygens (including phenoxy) is 4. The van der Waals surface area contributed by atoms with Gasteiger partial charge in [0.05, 0.1) is 51.8 Å². The third-order valence-electron chi connectivity index (χ3n) is 5.33. The molecule has 1 amide bonds. The minimum Gasteiger partial charge on any atom is -0.495 e. The molecule has 3 rings (SSSR count). The number of carbonyl (C=O) groups excluding carboxylic acids is 1. The van der Waals surface area contributed by atoms with E-state index in [4.69, 9.17) is 18.9 Å². The summed E-state index contributed by atoms with van der Waals surface area (Å²) in [5, 5.41) is 0. The van der Waals surface area contributed by atoms with Gasteiger partial charge in [0.25, 0.3) is 0 Å². The quantitative estimate of drug-likeness (QED) is 0.663. The number of methoxy groups -OCH3 is 4. The minimum atomic E-state index is -0.141. The lowest BCUT2D eigenvalue weighted by atomic mass is 9.83. The summed E-state index contributed by atoms with van der Waals surface area (Å²) in [4.78, 5) is 16.6. The van der Waals surface area contributed by atoms with E-state index in [2.05, 4.69) is 6.07 Å². The molecular weight excluding hydrogens is 372 g/mol. The molecule has 1 saturated heterocycles. The van der Waals surface area contributed by atoms with Crippen LogP contribution in [0.15, 0.2) is 30.3 Å². The Morgan fingerprint density at radius 1 is 0.862 bits per heavy atom. The number of nitrogens with zero attached hydrogens (tertiary/aromatic N) is 2. The Morgan fingerprint density at radius 2 is 1.45 bits per heavy atom. The van der Waals surface area contributed by atoms with Crippen LogP contribution in [0.4, 0.5) is 11.4 Å². The predicted molar refractivity (Wildman–Crippen MR) is 113 cm³/mol. The molecule has 156 valence electrons. The van der Waals surface area contributed by atoms with Gasteiger partial charge in [0.15, 0.2) is 11.5 Å². The van der Waals surface area contributed by atoms with Gasteiger partial charge in [-0.15, -0.1) is 0 Å². The molecule has 2 aromatic carbocycles. The fourth-order valence-corrected chi connectivity index (χ4v) is 3.81. The first-order valence-electron chi connectivity index (χ1n) is 9.36. The molecule has 0 spiro atoms. The van der Waals surface area contributed by atoms with Crippen LogP contribution in [-0.4, -0.2) is 48.4 Å². The molecule has 2 atom stereocenters. The Hall–Kier alpha value is -3.09. The first kappa shape index (κ1) is 20.6. The highest BCUT2D eigenvalue weighted by atomic mass is 16.5. The van der Waals surface area contributed by atoms with Crippen molar-refractivity contribution in [2.45, 2.75) is 13.0 Å². The normalized spacial score (nSPS) is 18.2. The zero-order valence-corrected chi connectivity index (χ0v) is 18.0. The maximum atomic E-state index is 12.8. The summed E-state index contributed by atoms with van der Waals surface area (Å²) in [7, 11) is 10.3. The third kappa shape index (κ3) is 3.41. The summed E-state index contributed by atoms with van der Waals surface area (Å²) in [5.74, 6) is 2.21. The van der Waals surface area contributed by atoms with Crippen molar-refractivity contribution in [3.63, 3.8) is 0 Å². The molecule has 0 N–H and O–H groups in total. The summed E-state index contributed by atoms with van der Waals surface area (Å²) >= 11 is 0. The molecule has 2 aromatic rings. The molecule has 1 aliphatic rings. The van der Waals surface area contributed by atoms with Crippen molar-refractivity contribution in [2.75, 3.05) is 52.3 Å². The Kier molecular flexibility index (Phi) is 5.77. The van der Waals surface area contributed by atoms with Crippen LogP contribution in [0, 0.1) is 5.92 Å². The number of benzene rings is 2. The third-order valence-corrected chi connectivity index (χ3v) is 5.33. The first-order valence-corrected chi connectivity index (χ1v) is 9.36. The minimum absolute atomic E-state index is 0.0477. The number of carbonyl (C=O) groups is 1. The van der Waals surface area contributed by atoms with Crippen molar-refractivity contribution in [3.8, 4) is 23.0 Å². The van der Waals surface area contributed by atoms with Gasteiger partial charge in [-0.2, -0.15) is 0 Å². The van der Waals surface area contributed by atoms with E-state index in [9.17, 15) is 4.79 Å². The SMILES string of the molecule is COc1ccc([C@H]2[C@@H](C)C(=O)N2c2cc(OC)c(OC)c(OC)c2)cc1N(C)C. The topological polar surface area (TPSA) is 60.5 Å². The Labute approximate surface area is 171 Å². The molecule has 7 heteroatoms. The van der Waals surface area contributed by atoms with Crippen LogP contribution in [-0.2, 0) is 4.79 Å². The van der Waals surface area contributed by atoms with Gasteiger partial charge in [0.1, 0.15) is 5.75 Å². The van der Waals surface area contributed by atoms with Crippen LogP contribution in [0.25, 0.3) is 0 Å². The second-order valence-electron chi connectivity index (χ2n) is 7.15. The van der Waals surface area contributed by atoms with Crippen LogP contribution >= 0.6 is 0 Å². The number of amides is 1. The lowest BCUT2D eigenvalue weighted by Gasteiger charge is -2.46. The van der Waals surface area contributed by atoms with Gasteiger partial charge >= 0.3 is 0 Å².